The van der Waals surface area contributed by atoms with Crippen molar-refractivity contribution >= 4 is 15.9 Å². The fourth-order valence-corrected chi connectivity index (χ4v) is 3.45. The Labute approximate surface area is 157 Å². The maximum Gasteiger partial charge on any atom is 0.295 e. The molecule has 26 heavy (non-hydrogen) atoms. The van der Waals surface area contributed by atoms with Gasteiger partial charge in [-0.05, 0) is 43.4 Å². The summed E-state index contributed by atoms with van der Waals surface area (Å²) in [5.74, 6) is 4.41. The highest BCUT2D eigenvalue weighted by Crippen LogP contribution is 2.38. The molecule has 1 aromatic carbocycles. The van der Waals surface area contributed by atoms with Crippen LogP contribution >= 0.6 is 15.9 Å². The van der Waals surface area contributed by atoms with Gasteiger partial charge in [0.15, 0.2) is 23.2 Å². The van der Waals surface area contributed by atoms with E-state index in [0.29, 0.717) is 29.8 Å². The Bertz CT molecular complexity index is 977. The topological polar surface area (TPSA) is 83.4 Å². The maximum absolute atomic E-state index is 5.85. The minimum Gasteiger partial charge on any atom is -0.454 e. The lowest BCUT2D eigenvalue weighted by molar-refractivity contribution is 0.174. The summed E-state index contributed by atoms with van der Waals surface area (Å²) in [5, 5.41) is 4.08. The second kappa shape index (κ2) is 6.12. The van der Waals surface area contributed by atoms with Crippen molar-refractivity contribution < 1.29 is 18.4 Å². The summed E-state index contributed by atoms with van der Waals surface area (Å²) < 4.78 is 23.0. The monoisotopic (exact) mass is 417 g/mol. The lowest BCUT2D eigenvalue weighted by Crippen LogP contribution is -1.93. The molecular weight excluding hydrogens is 402 g/mol. The molecule has 2 aliphatic rings. The van der Waals surface area contributed by atoms with Crippen LogP contribution in [0.3, 0.4) is 0 Å². The Hall–Kier alpha value is -2.35. The number of hydrogen-bond acceptors (Lipinski definition) is 7. The summed E-state index contributed by atoms with van der Waals surface area (Å²) in [4.78, 5) is 8.96. The molecule has 0 saturated heterocycles. The third kappa shape index (κ3) is 2.98. The van der Waals surface area contributed by atoms with E-state index >= 15 is 0 Å². The van der Waals surface area contributed by atoms with Crippen molar-refractivity contribution in [3.05, 3.63) is 39.6 Å². The molecule has 2 aromatic heterocycles. The molecule has 1 aliphatic heterocycles. The van der Waals surface area contributed by atoms with Crippen LogP contribution in [-0.2, 0) is 12.8 Å². The van der Waals surface area contributed by atoms with E-state index in [1.807, 2.05) is 19.1 Å². The van der Waals surface area contributed by atoms with Crippen LogP contribution in [0.15, 0.2) is 25.5 Å². The average Bonchev–Trinajstić information content (AvgIpc) is 2.98. The Kier molecular flexibility index (Phi) is 3.74. The Morgan fingerprint density at radius 1 is 1.15 bits per heavy atom. The van der Waals surface area contributed by atoms with E-state index in [9.17, 15) is 0 Å². The van der Waals surface area contributed by atoms with E-state index < -0.39 is 0 Å². The minimum atomic E-state index is 0.242. The zero-order chi connectivity index (χ0) is 17.7. The molecule has 0 N–H and O–H groups in total. The van der Waals surface area contributed by atoms with Crippen LogP contribution in [0.25, 0.3) is 11.7 Å². The summed E-state index contributed by atoms with van der Waals surface area (Å²) in [6, 6.07) is 3.82. The van der Waals surface area contributed by atoms with Gasteiger partial charge in [0.05, 0.1) is 5.69 Å². The second-order valence-corrected chi connectivity index (χ2v) is 7.51. The van der Waals surface area contributed by atoms with Gasteiger partial charge in [0.25, 0.3) is 5.89 Å². The summed E-state index contributed by atoms with van der Waals surface area (Å²) in [5.41, 5.74) is 1.77. The first-order valence-electron chi connectivity index (χ1n) is 8.53. The van der Waals surface area contributed by atoms with Crippen LogP contribution in [0.1, 0.15) is 35.8 Å². The summed E-state index contributed by atoms with van der Waals surface area (Å²) in [6.45, 7) is 2.14. The minimum absolute atomic E-state index is 0.242. The molecule has 0 amide bonds. The third-order valence-corrected chi connectivity index (χ3v) is 5.29. The summed E-state index contributed by atoms with van der Waals surface area (Å²) in [6.07, 6.45) is 3.90. The normalized spacial score (nSPS) is 15.6. The first-order chi connectivity index (χ1) is 12.7. The number of halogens is 1. The van der Waals surface area contributed by atoms with E-state index in [0.717, 1.165) is 39.5 Å². The van der Waals surface area contributed by atoms with Crippen LogP contribution in [0.4, 0.5) is 0 Å². The van der Waals surface area contributed by atoms with Crippen molar-refractivity contribution in [1.82, 2.24) is 15.1 Å². The molecule has 1 saturated carbocycles. The standard InChI is InChI=1S/C18H16BrN3O4/c1-9-17(25-16(20-9)4-10-2-3-10)18-21-15(22-26-18)6-11-5-13-14(7-12(11)19)24-8-23-13/h5,7,10H,2-4,6,8H2,1H3. The second-order valence-electron chi connectivity index (χ2n) is 6.66. The fourth-order valence-electron chi connectivity index (χ4n) is 2.99. The highest BCUT2D eigenvalue weighted by molar-refractivity contribution is 9.10. The molecule has 0 atom stereocenters. The Morgan fingerprint density at radius 3 is 2.77 bits per heavy atom. The van der Waals surface area contributed by atoms with E-state index in [-0.39, 0.29) is 6.79 Å². The molecule has 3 heterocycles. The zero-order valence-electron chi connectivity index (χ0n) is 14.1. The van der Waals surface area contributed by atoms with Crippen LogP contribution in [0, 0.1) is 12.8 Å². The van der Waals surface area contributed by atoms with E-state index in [1.165, 1.54) is 12.8 Å². The number of hydrogen-bond donors (Lipinski definition) is 0. The van der Waals surface area contributed by atoms with Gasteiger partial charge >= 0.3 is 0 Å². The molecular formula is C18H16BrN3O4. The molecule has 0 radical (unpaired) electrons. The van der Waals surface area contributed by atoms with E-state index in [1.54, 1.807) is 0 Å². The predicted molar refractivity (Wildman–Crippen MR) is 94.0 cm³/mol. The smallest absolute Gasteiger partial charge is 0.295 e. The number of aryl methyl sites for hydroxylation is 1. The van der Waals surface area contributed by atoms with Crippen molar-refractivity contribution in [2.45, 2.75) is 32.6 Å². The Balaban J connectivity index is 1.38. The van der Waals surface area contributed by atoms with Crippen molar-refractivity contribution in [3.8, 4) is 23.1 Å². The fraction of sp³-hybridized carbons (Fsp3) is 0.389. The maximum atomic E-state index is 5.85. The molecule has 0 spiro atoms. The van der Waals surface area contributed by atoms with Crippen molar-refractivity contribution in [1.29, 1.82) is 0 Å². The highest BCUT2D eigenvalue weighted by Gasteiger charge is 2.26. The lowest BCUT2D eigenvalue weighted by atomic mass is 10.1. The van der Waals surface area contributed by atoms with E-state index in [2.05, 4.69) is 31.1 Å². The number of oxazole rings is 1. The van der Waals surface area contributed by atoms with Gasteiger partial charge in [0.2, 0.25) is 12.6 Å². The highest BCUT2D eigenvalue weighted by atomic mass is 79.9. The number of ether oxygens (including phenoxy) is 2. The van der Waals surface area contributed by atoms with Crippen molar-refractivity contribution in [3.63, 3.8) is 0 Å². The van der Waals surface area contributed by atoms with Gasteiger partial charge in [-0.25, -0.2) is 4.98 Å². The van der Waals surface area contributed by atoms with Gasteiger partial charge in [0.1, 0.15) is 0 Å². The molecule has 0 bridgehead atoms. The molecule has 5 rings (SSSR count). The van der Waals surface area contributed by atoms with Gasteiger partial charge in [-0.1, -0.05) is 21.1 Å². The molecule has 0 unspecified atom stereocenters. The molecule has 8 heteroatoms. The van der Waals surface area contributed by atoms with Gasteiger partial charge in [0, 0.05) is 17.3 Å². The molecule has 7 nitrogen and oxygen atoms in total. The average molecular weight is 418 g/mol. The first kappa shape index (κ1) is 15.9. The number of benzene rings is 1. The number of rotatable bonds is 5. The number of nitrogens with zero attached hydrogens (tertiary/aromatic N) is 3. The van der Waals surface area contributed by atoms with Crippen LogP contribution in [0.2, 0.25) is 0 Å². The van der Waals surface area contributed by atoms with Crippen LogP contribution < -0.4 is 9.47 Å². The first-order valence-corrected chi connectivity index (χ1v) is 9.32. The SMILES string of the molecule is Cc1nc(CC2CC2)oc1-c1nc(Cc2cc3c(cc2Br)OCO3)no1. The van der Waals surface area contributed by atoms with Crippen LogP contribution in [-0.4, -0.2) is 21.9 Å². The summed E-state index contributed by atoms with van der Waals surface area (Å²) >= 11 is 3.55. The lowest BCUT2D eigenvalue weighted by Gasteiger charge is -2.03. The molecule has 3 aromatic rings. The molecule has 1 aliphatic carbocycles. The molecule has 1 fully saturated rings. The van der Waals surface area contributed by atoms with Crippen molar-refractivity contribution in [2.24, 2.45) is 5.92 Å². The van der Waals surface area contributed by atoms with Crippen molar-refractivity contribution in [2.75, 3.05) is 6.79 Å². The number of fused-ring (bicyclic) bond motifs is 1. The van der Waals surface area contributed by atoms with E-state index in [4.69, 9.17) is 18.4 Å². The number of aromatic nitrogens is 3. The van der Waals surface area contributed by atoms with Gasteiger partial charge < -0.3 is 18.4 Å². The quantitative estimate of drug-likeness (QED) is 0.618. The predicted octanol–water partition coefficient (Wildman–Crippen LogP) is 4.07. The molecule has 134 valence electrons. The van der Waals surface area contributed by atoms with Gasteiger partial charge in [-0.3, -0.25) is 0 Å². The largest absolute Gasteiger partial charge is 0.454 e. The third-order valence-electron chi connectivity index (χ3n) is 4.55. The Morgan fingerprint density at radius 2 is 1.96 bits per heavy atom. The summed E-state index contributed by atoms with van der Waals surface area (Å²) in [7, 11) is 0. The van der Waals surface area contributed by atoms with Gasteiger partial charge in [-0.2, -0.15) is 4.98 Å². The zero-order valence-corrected chi connectivity index (χ0v) is 15.7. The van der Waals surface area contributed by atoms with Gasteiger partial charge in [-0.15, -0.1) is 0 Å². The van der Waals surface area contributed by atoms with Crippen LogP contribution in [0.5, 0.6) is 11.5 Å².